The molecule has 0 bridgehead atoms. The van der Waals surface area contributed by atoms with Gasteiger partial charge in [0.2, 0.25) is 5.91 Å². The lowest BCUT2D eigenvalue weighted by Gasteiger charge is -2.11. The summed E-state index contributed by atoms with van der Waals surface area (Å²) in [5.41, 5.74) is 2.40. The zero-order valence-electron chi connectivity index (χ0n) is 18.5. The highest BCUT2D eigenvalue weighted by Crippen LogP contribution is 2.19. The first kappa shape index (κ1) is 22.3. The number of halogens is 1. The summed E-state index contributed by atoms with van der Waals surface area (Å²) >= 11 is 0. The van der Waals surface area contributed by atoms with Gasteiger partial charge in [-0.15, -0.1) is 0 Å². The lowest BCUT2D eigenvalue weighted by Crippen LogP contribution is -2.27. The van der Waals surface area contributed by atoms with Crippen molar-refractivity contribution in [3.05, 3.63) is 88.7 Å². The molecule has 33 heavy (non-hydrogen) atoms. The third-order valence-corrected chi connectivity index (χ3v) is 5.11. The van der Waals surface area contributed by atoms with Crippen LogP contribution in [0.4, 0.5) is 4.39 Å². The summed E-state index contributed by atoms with van der Waals surface area (Å²) in [5.74, 6) is 0.308. The summed E-state index contributed by atoms with van der Waals surface area (Å²) < 4.78 is 21.8. The summed E-state index contributed by atoms with van der Waals surface area (Å²) in [7, 11) is 0. The first-order valence-electron chi connectivity index (χ1n) is 10.8. The number of rotatable bonds is 8. The van der Waals surface area contributed by atoms with Crippen LogP contribution >= 0.6 is 0 Å². The summed E-state index contributed by atoms with van der Waals surface area (Å²) in [4.78, 5) is 25.1. The van der Waals surface area contributed by atoms with Gasteiger partial charge in [0.25, 0.3) is 5.56 Å². The Bertz CT molecular complexity index is 1310. The molecule has 1 amide bonds. The monoisotopic (exact) mass is 448 g/mol. The van der Waals surface area contributed by atoms with E-state index in [9.17, 15) is 14.0 Å². The van der Waals surface area contributed by atoms with Crippen molar-refractivity contribution in [1.82, 2.24) is 19.5 Å². The normalized spacial score (nSPS) is 11.2. The molecule has 0 unspecified atom stereocenters. The molecule has 0 saturated heterocycles. The van der Waals surface area contributed by atoms with Crippen LogP contribution in [0.15, 0.2) is 71.8 Å². The molecule has 0 fully saturated rings. The summed E-state index contributed by atoms with van der Waals surface area (Å²) in [6.45, 7) is 4.58. The highest BCUT2D eigenvalue weighted by Gasteiger charge is 2.10. The van der Waals surface area contributed by atoms with Crippen molar-refractivity contribution in [3.8, 4) is 17.0 Å². The van der Waals surface area contributed by atoms with Crippen LogP contribution < -0.4 is 15.6 Å². The topological polar surface area (TPSA) is 77.6 Å². The van der Waals surface area contributed by atoms with Crippen LogP contribution in [0.5, 0.6) is 5.75 Å². The van der Waals surface area contributed by atoms with Crippen LogP contribution in [0.3, 0.4) is 0 Å². The van der Waals surface area contributed by atoms with E-state index in [1.807, 2.05) is 38.1 Å². The second-order valence-corrected chi connectivity index (χ2v) is 8.00. The smallest absolute Gasteiger partial charge is 0.276 e. The van der Waals surface area contributed by atoms with Gasteiger partial charge >= 0.3 is 0 Å². The van der Waals surface area contributed by atoms with E-state index < -0.39 is 0 Å². The highest BCUT2D eigenvalue weighted by atomic mass is 19.1. The molecule has 7 nitrogen and oxygen atoms in total. The van der Waals surface area contributed by atoms with Crippen LogP contribution in [0, 0.1) is 5.82 Å². The maximum absolute atomic E-state index is 13.2. The van der Waals surface area contributed by atoms with Crippen molar-refractivity contribution in [2.75, 3.05) is 0 Å². The van der Waals surface area contributed by atoms with Crippen molar-refractivity contribution in [2.45, 2.75) is 39.5 Å². The maximum atomic E-state index is 13.2. The lowest BCUT2D eigenvalue weighted by atomic mass is 10.1. The molecule has 8 heteroatoms. The number of nitrogens with one attached hydrogen (secondary N) is 1. The van der Waals surface area contributed by atoms with Gasteiger partial charge < -0.3 is 14.6 Å². The van der Waals surface area contributed by atoms with Gasteiger partial charge in [-0.3, -0.25) is 9.59 Å². The fourth-order valence-electron chi connectivity index (χ4n) is 3.43. The van der Waals surface area contributed by atoms with E-state index in [1.165, 1.54) is 21.2 Å². The second kappa shape index (κ2) is 9.68. The number of ether oxygens (including phenoxy) is 1. The Morgan fingerprint density at radius 2 is 1.82 bits per heavy atom. The number of hydrogen-bond acceptors (Lipinski definition) is 4. The van der Waals surface area contributed by atoms with Crippen LogP contribution in [0.25, 0.3) is 16.8 Å². The molecule has 2 aromatic carbocycles. The van der Waals surface area contributed by atoms with Crippen molar-refractivity contribution in [2.24, 2.45) is 0 Å². The number of carbonyl (C=O) groups is 1. The molecule has 170 valence electrons. The standard InChI is InChI=1S/C25H25FN4O3/c1-17(2)33-21-9-3-18(4-10-21)16-27-24(31)11-12-29-13-14-30-23(25(29)32)15-22(28-30)19-5-7-20(26)8-6-19/h3-10,13-15,17H,11-12,16H2,1-2H3,(H,27,31). The SMILES string of the molecule is CC(C)Oc1ccc(CNC(=O)CCn2ccn3nc(-c4ccc(F)cc4)cc3c2=O)cc1. The summed E-state index contributed by atoms with van der Waals surface area (Å²) in [6, 6.07) is 15.2. The molecule has 4 rings (SSSR count). The van der Waals surface area contributed by atoms with Gasteiger partial charge in [0.1, 0.15) is 17.1 Å². The van der Waals surface area contributed by atoms with Crippen molar-refractivity contribution in [1.29, 1.82) is 0 Å². The molecule has 0 spiro atoms. The van der Waals surface area contributed by atoms with Crippen molar-refractivity contribution < 1.29 is 13.9 Å². The van der Waals surface area contributed by atoms with E-state index in [1.54, 1.807) is 30.6 Å². The second-order valence-electron chi connectivity index (χ2n) is 8.00. The van der Waals surface area contributed by atoms with Gasteiger partial charge in [-0.2, -0.15) is 5.10 Å². The Kier molecular flexibility index (Phi) is 6.53. The third kappa shape index (κ3) is 5.46. The fourth-order valence-corrected chi connectivity index (χ4v) is 3.43. The minimum atomic E-state index is -0.333. The molecule has 0 aliphatic heterocycles. The average Bonchev–Trinajstić information content (AvgIpc) is 3.23. The number of nitrogens with zero attached hydrogens (tertiary/aromatic N) is 3. The molecule has 0 saturated carbocycles. The number of carbonyl (C=O) groups excluding carboxylic acids is 1. The molecule has 2 heterocycles. The van der Waals surface area contributed by atoms with Crippen LogP contribution in [0.1, 0.15) is 25.8 Å². The zero-order valence-corrected chi connectivity index (χ0v) is 18.5. The van der Waals surface area contributed by atoms with Gasteiger partial charge in [-0.1, -0.05) is 12.1 Å². The van der Waals surface area contributed by atoms with E-state index in [0.29, 0.717) is 23.3 Å². The van der Waals surface area contributed by atoms with Gasteiger partial charge in [-0.25, -0.2) is 8.91 Å². The van der Waals surface area contributed by atoms with Crippen LogP contribution in [-0.2, 0) is 17.9 Å². The van der Waals surface area contributed by atoms with E-state index in [-0.39, 0.29) is 36.4 Å². The Labute approximate surface area is 190 Å². The molecule has 0 aliphatic rings. The molecular weight excluding hydrogens is 423 g/mol. The molecule has 0 aliphatic carbocycles. The predicted molar refractivity (Wildman–Crippen MR) is 124 cm³/mol. The van der Waals surface area contributed by atoms with Crippen LogP contribution in [-0.4, -0.2) is 26.2 Å². The molecular formula is C25H25FN4O3. The van der Waals surface area contributed by atoms with E-state index >= 15 is 0 Å². The molecule has 4 aromatic rings. The number of benzene rings is 2. The predicted octanol–water partition coefficient (Wildman–Crippen LogP) is 3.80. The number of amides is 1. The molecule has 1 N–H and O–H groups in total. The fraction of sp³-hybridized carbons (Fsp3) is 0.240. The van der Waals surface area contributed by atoms with E-state index in [4.69, 9.17) is 4.74 Å². The number of hydrogen-bond donors (Lipinski definition) is 1. The quantitative estimate of drug-likeness (QED) is 0.445. The summed E-state index contributed by atoms with van der Waals surface area (Å²) in [6.07, 6.45) is 3.55. The number of fused-ring (bicyclic) bond motifs is 1. The van der Waals surface area contributed by atoms with Gasteiger partial charge in [0.15, 0.2) is 0 Å². The third-order valence-electron chi connectivity index (χ3n) is 5.11. The molecule has 0 radical (unpaired) electrons. The Balaban J connectivity index is 1.36. The molecule has 0 atom stereocenters. The largest absolute Gasteiger partial charge is 0.491 e. The number of aryl methyl sites for hydroxylation is 1. The maximum Gasteiger partial charge on any atom is 0.276 e. The Morgan fingerprint density at radius 1 is 1.09 bits per heavy atom. The molecule has 2 aromatic heterocycles. The van der Waals surface area contributed by atoms with E-state index in [0.717, 1.165) is 11.3 Å². The summed E-state index contributed by atoms with van der Waals surface area (Å²) in [5, 5.41) is 7.26. The number of aromatic nitrogens is 3. The zero-order chi connectivity index (χ0) is 23.4. The highest BCUT2D eigenvalue weighted by molar-refractivity contribution is 5.75. The Morgan fingerprint density at radius 3 is 2.52 bits per heavy atom. The van der Waals surface area contributed by atoms with Gasteiger partial charge in [-0.05, 0) is 61.9 Å². The minimum Gasteiger partial charge on any atom is -0.491 e. The van der Waals surface area contributed by atoms with Crippen LogP contribution in [0.2, 0.25) is 0 Å². The van der Waals surface area contributed by atoms with E-state index in [2.05, 4.69) is 10.4 Å². The lowest BCUT2D eigenvalue weighted by molar-refractivity contribution is -0.121. The Hall–Kier alpha value is -3.94. The first-order valence-corrected chi connectivity index (χ1v) is 10.8. The average molecular weight is 448 g/mol. The van der Waals surface area contributed by atoms with Gasteiger partial charge in [0, 0.05) is 37.5 Å². The van der Waals surface area contributed by atoms with Crippen molar-refractivity contribution in [3.63, 3.8) is 0 Å². The van der Waals surface area contributed by atoms with Gasteiger partial charge in [0.05, 0.1) is 11.8 Å². The van der Waals surface area contributed by atoms with Crippen molar-refractivity contribution >= 4 is 11.4 Å². The first-order chi connectivity index (χ1) is 15.9. The minimum absolute atomic E-state index is 0.107.